The van der Waals surface area contributed by atoms with E-state index in [4.69, 9.17) is 16.7 Å². The molecule has 100 valence electrons. The maximum atomic E-state index is 13.3. The molecule has 0 aromatic heterocycles. The second-order valence-electron chi connectivity index (χ2n) is 3.30. The minimum absolute atomic E-state index is 0.413. The first-order chi connectivity index (χ1) is 8.21. The summed E-state index contributed by atoms with van der Waals surface area (Å²) >= 11 is 5.36. The molecule has 3 nitrogen and oxygen atoms in total. The van der Waals surface area contributed by atoms with Crippen molar-refractivity contribution < 1.29 is 32.2 Å². The zero-order valence-corrected chi connectivity index (χ0v) is 9.43. The van der Waals surface area contributed by atoms with Gasteiger partial charge in [-0.1, -0.05) is 17.7 Å². The molecule has 0 amide bonds. The topological polar surface area (TPSA) is 46.5 Å². The second kappa shape index (κ2) is 5.43. The van der Waals surface area contributed by atoms with E-state index < -0.39 is 41.3 Å². The highest BCUT2D eigenvalue weighted by Gasteiger charge is 2.43. The molecule has 0 aliphatic rings. The predicted molar refractivity (Wildman–Crippen MR) is 54.1 cm³/mol. The molecular weight excluding hydrogens is 280 g/mol. The van der Waals surface area contributed by atoms with Gasteiger partial charge in [0, 0.05) is 0 Å². The lowest BCUT2D eigenvalue weighted by Gasteiger charge is -2.20. The van der Waals surface area contributed by atoms with Crippen LogP contribution in [0.2, 0.25) is 5.02 Å². The third-order valence-electron chi connectivity index (χ3n) is 1.91. The molecule has 0 fully saturated rings. The average Bonchev–Trinajstić information content (AvgIpc) is 2.21. The zero-order chi connectivity index (χ0) is 13.9. The summed E-state index contributed by atoms with van der Waals surface area (Å²) in [6, 6.07) is 3.25. The highest BCUT2D eigenvalue weighted by molar-refractivity contribution is 6.30. The van der Waals surface area contributed by atoms with Gasteiger partial charge in [0.15, 0.2) is 11.6 Å². The van der Waals surface area contributed by atoms with E-state index >= 15 is 0 Å². The third-order valence-corrected chi connectivity index (χ3v) is 2.20. The van der Waals surface area contributed by atoms with Crippen LogP contribution in [0.3, 0.4) is 0 Å². The number of ether oxygens (including phenoxy) is 1. The molecule has 1 aromatic rings. The van der Waals surface area contributed by atoms with Crippen LogP contribution in [0.15, 0.2) is 18.2 Å². The Morgan fingerprint density at radius 3 is 2.56 bits per heavy atom. The van der Waals surface area contributed by atoms with Crippen LogP contribution in [-0.4, -0.2) is 23.4 Å². The van der Waals surface area contributed by atoms with E-state index in [0.29, 0.717) is 0 Å². The Kier molecular flexibility index (Phi) is 4.39. The van der Waals surface area contributed by atoms with Crippen LogP contribution in [0.4, 0.5) is 17.6 Å². The number of carboxylic acid groups (broad SMARTS) is 1. The predicted octanol–water partition coefficient (Wildman–Crippen LogP) is 3.26. The van der Waals surface area contributed by atoms with Crippen LogP contribution in [0.25, 0.3) is 0 Å². The van der Waals surface area contributed by atoms with Gasteiger partial charge < -0.3 is 9.84 Å². The Bertz CT molecular complexity index is 447. The molecule has 1 rings (SSSR count). The van der Waals surface area contributed by atoms with E-state index in [9.17, 15) is 22.4 Å². The first-order valence-corrected chi connectivity index (χ1v) is 4.98. The van der Waals surface area contributed by atoms with Gasteiger partial charge in [-0.05, 0) is 12.1 Å². The van der Waals surface area contributed by atoms with Crippen LogP contribution in [-0.2, 0) is 4.79 Å². The summed E-state index contributed by atoms with van der Waals surface area (Å²) < 4.78 is 55.0. The van der Waals surface area contributed by atoms with Gasteiger partial charge in [0.25, 0.3) is 0 Å². The summed E-state index contributed by atoms with van der Waals surface area (Å²) in [4.78, 5) is 10.3. The van der Waals surface area contributed by atoms with Crippen LogP contribution < -0.4 is 4.74 Å². The van der Waals surface area contributed by atoms with Crippen molar-refractivity contribution in [3.8, 4) is 5.75 Å². The first-order valence-electron chi connectivity index (χ1n) is 4.61. The molecule has 1 unspecified atom stereocenters. The summed E-state index contributed by atoms with van der Waals surface area (Å²) in [5, 5.41) is 7.94. The molecule has 0 saturated heterocycles. The van der Waals surface area contributed by atoms with E-state index in [1.54, 1.807) is 0 Å². The lowest BCUT2D eigenvalue weighted by Crippen LogP contribution is -2.36. The standard InChI is InChI=1S/C10H7ClF4O3/c11-5-2-1-3-6(9(5)12)18-7(4-8(16)17)10(13,14)15/h1-3,7H,4H2,(H,16,17). The Morgan fingerprint density at radius 2 is 2.06 bits per heavy atom. The number of rotatable bonds is 4. The van der Waals surface area contributed by atoms with Crippen LogP contribution in [0, 0.1) is 5.82 Å². The van der Waals surface area contributed by atoms with E-state index in [1.165, 1.54) is 6.07 Å². The quantitative estimate of drug-likeness (QED) is 0.864. The van der Waals surface area contributed by atoms with Crippen molar-refractivity contribution in [2.75, 3.05) is 0 Å². The molecule has 0 heterocycles. The van der Waals surface area contributed by atoms with Gasteiger partial charge in [0.1, 0.15) is 0 Å². The number of hydrogen-bond donors (Lipinski definition) is 1. The number of benzene rings is 1. The second-order valence-corrected chi connectivity index (χ2v) is 3.71. The van der Waals surface area contributed by atoms with Crippen LogP contribution in [0.1, 0.15) is 6.42 Å². The monoisotopic (exact) mass is 286 g/mol. The van der Waals surface area contributed by atoms with Crippen molar-refractivity contribution >= 4 is 17.6 Å². The summed E-state index contributed by atoms with van der Waals surface area (Å²) in [7, 11) is 0. The molecule has 0 aliphatic carbocycles. The van der Waals surface area contributed by atoms with Crippen molar-refractivity contribution in [3.63, 3.8) is 0 Å². The fourth-order valence-electron chi connectivity index (χ4n) is 1.11. The van der Waals surface area contributed by atoms with Crippen molar-refractivity contribution in [1.29, 1.82) is 0 Å². The van der Waals surface area contributed by atoms with Crippen molar-refractivity contribution in [3.05, 3.63) is 29.0 Å². The van der Waals surface area contributed by atoms with Gasteiger partial charge >= 0.3 is 12.1 Å². The molecule has 0 radical (unpaired) electrons. The van der Waals surface area contributed by atoms with Gasteiger partial charge in [-0.15, -0.1) is 0 Å². The molecule has 0 saturated carbocycles. The van der Waals surface area contributed by atoms with Gasteiger partial charge in [-0.2, -0.15) is 13.2 Å². The molecule has 1 aromatic carbocycles. The number of carbonyl (C=O) groups is 1. The minimum atomic E-state index is -4.92. The Balaban J connectivity index is 2.96. The van der Waals surface area contributed by atoms with Crippen molar-refractivity contribution in [2.45, 2.75) is 18.7 Å². The molecule has 8 heteroatoms. The smallest absolute Gasteiger partial charge is 0.426 e. The van der Waals surface area contributed by atoms with Crippen LogP contribution in [0.5, 0.6) is 5.75 Å². The third kappa shape index (κ3) is 3.76. The molecule has 1 N–H and O–H groups in total. The maximum Gasteiger partial charge on any atom is 0.426 e. The maximum absolute atomic E-state index is 13.3. The summed E-state index contributed by atoms with van der Waals surface area (Å²) in [5.41, 5.74) is 0. The van der Waals surface area contributed by atoms with E-state index in [1.807, 2.05) is 0 Å². The molecule has 18 heavy (non-hydrogen) atoms. The summed E-state index contributed by atoms with van der Waals surface area (Å²) in [6.45, 7) is 0. The molecule has 0 bridgehead atoms. The largest absolute Gasteiger partial charge is 0.481 e. The highest BCUT2D eigenvalue weighted by atomic mass is 35.5. The Morgan fingerprint density at radius 1 is 1.44 bits per heavy atom. The summed E-state index contributed by atoms with van der Waals surface area (Å²) in [5.74, 6) is -3.62. The Labute approximate surface area is 104 Å². The lowest BCUT2D eigenvalue weighted by atomic mass is 10.2. The SMILES string of the molecule is O=C(O)CC(Oc1cccc(Cl)c1F)C(F)(F)F. The summed E-state index contributed by atoms with van der Waals surface area (Å²) in [6.07, 6.45) is -8.88. The molecule has 1 atom stereocenters. The number of carboxylic acids is 1. The molecular formula is C10H7ClF4O3. The number of alkyl halides is 3. The van der Waals surface area contributed by atoms with Gasteiger partial charge in [0.05, 0.1) is 11.4 Å². The minimum Gasteiger partial charge on any atom is -0.481 e. The fraction of sp³-hybridized carbons (Fsp3) is 0.300. The first kappa shape index (κ1) is 14.6. The number of aliphatic carboxylic acids is 1. The Hall–Kier alpha value is -1.50. The van der Waals surface area contributed by atoms with Crippen molar-refractivity contribution in [2.24, 2.45) is 0 Å². The van der Waals surface area contributed by atoms with E-state index in [-0.39, 0.29) is 0 Å². The van der Waals surface area contributed by atoms with Gasteiger partial charge in [-0.25, -0.2) is 4.39 Å². The number of halogens is 5. The number of hydrogen-bond acceptors (Lipinski definition) is 2. The lowest BCUT2D eigenvalue weighted by molar-refractivity contribution is -0.201. The highest BCUT2D eigenvalue weighted by Crippen LogP contribution is 2.31. The van der Waals surface area contributed by atoms with Crippen molar-refractivity contribution in [1.82, 2.24) is 0 Å². The van der Waals surface area contributed by atoms with Gasteiger partial charge in [0.2, 0.25) is 6.10 Å². The normalized spacial score (nSPS) is 13.2. The van der Waals surface area contributed by atoms with Crippen LogP contribution >= 0.6 is 11.6 Å². The average molecular weight is 287 g/mol. The van der Waals surface area contributed by atoms with Gasteiger partial charge in [-0.3, -0.25) is 4.79 Å². The molecule has 0 aliphatic heterocycles. The van der Waals surface area contributed by atoms with E-state index in [0.717, 1.165) is 12.1 Å². The molecule has 0 spiro atoms. The zero-order valence-electron chi connectivity index (χ0n) is 8.67. The van der Waals surface area contributed by atoms with E-state index in [2.05, 4.69) is 4.74 Å². The fourth-order valence-corrected chi connectivity index (χ4v) is 1.28.